The van der Waals surface area contributed by atoms with Crippen molar-refractivity contribution in [3.05, 3.63) is 24.3 Å². The van der Waals surface area contributed by atoms with Crippen molar-refractivity contribution < 1.29 is 17.9 Å². The fourth-order valence-electron chi connectivity index (χ4n) is 1.89. The van der Waals surface area contributed by atoms with Crippen molar-refractivity contribution in [3.63, 3.8) is 0 Å². The van der Waals surface area contributed by atoms with Crippen LogP contribution in [0.2, 0.25) is 0 Å². The zero-order valence-corrected chi connectivity index (χ0v) is 11.8. The Bertz CT molecular complexity index is 509. The van der Waals surface area contributed by atoms with E-state index in [4.69, 9.17) is 9.47 Å². The molecule has 6 heteroatoms. The van der Waals surface area contributed by atoms with E-state index in [-0.39, 0.29) is 16.8 Å². The molecule has 1 fully saturated rings. The number of para-hydroxylation sites is 1. The molecule has 1 heterocycles. The van der Waals surface area contributed by atoms with Crippen molar-refractivity contribution in [1.29, 1.82) is 0 Å². The lowest BCUT2D eigenvalue weighted by molar-refractivity contribution is -0.000400. The molecule has 1 aromatic carbocycles. The summed E-state index contributed by atoms with van der Waals surface area (Å²) in [5.41, 5.74) is 0. The second-order valence-corrected chi connectivity index (χ2v) is 6.60. The molecular formula is C13H19NO4S. The highest BCUT2D eigenvalue weighted by molar-refractivity contribution is 7.91. The lowest BCUT2D eigenvalue weighted by atomic mass is 10.3. The number of nitrogens with one attached hydrogen (secondary N) is 1. The van der Waals surface area contributed by atoms with Crippen molar-refractivity contribution in [2.45, 2.75) is 17.9 Å². The van der Waals surface area contributed by atoms with Gasteiger partial charge in [0, 0.05) is 13.1 Å². The highest BCUT2D eigenvalue weighted by Gasteiger charge is 2.19. The lowest BCUT2D eigenvalue weighted by Crippen LogP contribution is -2.41. The molecule has 0 aliphatic carbocycles. The van der Waals surface area contributed by atoms with Gasteiger partial charge in [-0.05, 0) is 12.1 Å². The van der Waals surface area contributed by atoms with Crippen LogP contribution in [0, 0.1) is 0 Å². The van der Waals surface area contributed by atoms with Gasteiger partial charge in [-0.1, -0.05) is 19.1 Å². The van der Waals surface area contributed by atoms with Crippen LogP contribution in [0.4, 0.5) is 0 Å². The standard InChI is InChI=1S/C13H19NO4S/c1-2-19(15,16)13-6-4-3-5-12(13)18-10-11-9-14-7-8-17-11/h3-6,11,14H,2,7-10H2,1H3. The van der Waals surface area contributed by atoms with Gasteiger partial charge in [-0.15, -0.1) is 0 Å². The molecule has 19 heavy (non-hydrogen) atoms. The molecule has 0 aromatic heterocycles. The highest BCUT2D eigenvalue weighted by atomic mass is 32.2. The number of hydrogen-bond acceptors (Lipinski definition) is 5. The van der Waals surface area contributed by atoms with Gasteiger partial charge in [0.2, 0.25) is 0 Å². The minimum absolute atomic E-state index is 0.0360. The molecule has 0 saturated carbocycles. The van der Waals surface area contributed by atoms with E-state index in [2.05, 4.69) is 5.32 Å². The zero-order valence-electron chi connectivity index (χ0n) is 11.0. The van der Waals surface area contributed by atoms with Crippen LogP contribution in [0.3, 0.4) is 0 Å². The first kappa shape index (κ1) is 14.3. The maximum atomic E-state index is 11.9. The summed E-state index contributed by atoms with van der Waals surface area (Å²) in [6.07, 6.45) is -0.0360. The van der Waals surface area contributed by atoms with Gasteiger partial charge in [-0.2, -0.15) is 0 Å². The summed E-state index contributed by atoms with van der Waals surface area (Å²) in [6.45, 7) is 4.20. The normalized spacial score (nSPS) is 20.2. The molecular weight excluding hydrogens is 266 g/mol. The van der Waals surface area contributed by atoms with Gasteiger partial charge in [0.05, 0.1) is 12.4 Å². The van der Waals surface area contributed by atoms with Crippen LogP contribution in [-0.4, -0.2) is 46.6 Å². The van der Waals surface area contributed by atoms with Gasteiger partial charge in [-0.3, -0.25) is 0 Å². The summed E-state index contributed by atoms with van der Waals surface area (Å²) < 4.78 is 35.0. The van der Waals surface area contributed by atoms with Gasteiger partial charge in [0.25, 0.3) is 0 Å². The average Bonchev–Trinajstić information content (AvgIpc) is 2.46. The largest absolute Gasteiger partial charge is 0.489 e. The Morgan fingerprint density at radius 2 is 2.21 bits per heavy atom. The quantitative estimate of drug-likeness (QED) is 0.869. The summed E-state index contributed by atoms with van der Waals surface area (Å²) in [6, 6.07) is 6.73. The summed E-state index contributed by atoms with van der Waals surface area (Å²) in [5.74, 6) is 0.466. The fraction of sp³-hybridized carbons (Fsp3) is 0.538. The van der Waals surface area contributed by atoms with Gasteiger partial charge < -0.3 is 14.8 Å². The van der Waals surface area contributed by atoms with Crippen molar-refractivity contribution >= 4 is 9.84 Å². The van der Waals surface area contributed by atoms with Gasteiger partial charge in [0.1, 0.15) is 23.4 Å². The summed E-state index contributed by atoms with van der Waals surface area (Å²) >= 11 is 0. The fourth-order valence-corrected chi connectivity index (χ4v) is 2.92. The second kappa shape index (κ2) is 6.36. The van der Waals surface area contributed by atoms with Crippen molar-refractivity contribution in [1.82, 2.24) is 5.32 Å². The van der Waals surface area contributed by atoms with Crippen LogP contribution >= 0.6 is 0 Å². The maximum Gasteiger partial charge on any atom is 0.181 e. The van der Waals surface area contributed by atoms with Gasteiger partial charge >= 0.3 is 0 Å². The molecule has 1 unspecified atom stereocenters. The van der Waals surface area contributed by atoms with E-state index in [9.17, 15) is 8.42 Å². The number of ether oxygens (including phenoxy) is 2. The number of benzene rings is 1. The first-order chi connectivity index (χ1) is 9.13. The van der Waals surface area contributed by atoms with Crippen LogP contribution in [0.25, 0.3) is 0 Å². The molecule has 106 valence electrons. The number of sulfone groups is 1. The molecule has 0 radical (unpaired) electrons. The number of morpholine rings is 1. The Morgan fingerprint density at radius 1 is 1.42 bits per heavy atom. The molecule has 1 aliphatic heterocycles. The summed E-state index contributed by atoms with van der Waals surface area (Å²) in [5, 5.41) is 3.20. The Balaban J connectivity index is 2.07. The van der Waals surface area contributed by atoms with Crippen LogP contribution in [0.15, 0.2) is 29.2 Å². The summed E-state index contributed by atoms with van der Waals surface area (Å²) in [7, 11) is -3.26. The van der Waals surface area contributed by atoms with Gasteiger partial charge in [-0.25, -0.2) is 8.42 Å². The molecule has 2 rings (SSSR count). The van der Waals surface area contributed by atoms with Crippen LogP contribution in [0.1, 0.15) is 6.92 Å². The Morgan fingerprint density at radius 3 is 2.89 bits per heavy atom. The Hall–Kier alpha value is -1.11. The minimum atomic E-state index is -3.26. The molecule has 1 saturated heterocycles. The van der Waals surface area contributed by atoms with Crippen LogP contribution in [-0.2, 0) is 14.6 Å². The van der Waals surface area contributed by atoms with E-state index in [1.165, 1.54) is 0 Å². The monoisotopic (exact) mass is 285 g/mol. The van der Waals surface area contributed by atoms with Crippen molar-refractivity contribution in [2.75, 3.05) is 32.1 Å². The predicted octanol–water partition coefficient (Wildman–Crippen LogP) is 0.847. The number of rotatable bonds is 5. The van der Waals surface area contributed by atoms with Crippen LogP contribution < -0.4 is 10.1 Å². The SMILES string of the molecule is CCS(=O)(=O)c1ccccc1OCC1CNCCO1. The molecule has 5 nitrogen and oxygen atoms in total. The summed E-state index contributed by atoms with van der Waals surface area (Å²) in [4.78, 5) is 0.251. The predicted molar refractivity (Wildman–Crippen MR) is 72.3 cm³/mol. The molecule has 1 aliphatic rings. The lowest BCUT2D eigenvalue weighted by Gasteiger charge is -2.24. The third-order valence-corrected chi connectivity index (χ3v) is 4.76. The molecule has 0 amide bonds. The molecule has 1 aromatic rings. The van der Waals surface area contributed by atoms with E-state index in [1.54, 1.807) is 31.2 Å². The first-order valence-electron chi connectivity index (χ1n) is 6.40. The smallest absolute Gasteiger partial charge is 0.181 e. The molecule has 0 bridgehead atoms. The van der Waals surface area contributed by atoms with Crippen LogP contribution in [0.5, 0.6) is 5.75 Å². The third kappa shape index (κ3) is 3.68. The third-order valence-electron chi connectivity index (χ3n) is 2.99. The van der Waals surface area contributed by atoms with Crippen molar-refractivity contribution in [3.8, 4) is 5.75 Å². The average molecular weight is 285 g/mol. The topological polar surface area (TPSA) is 64.6 Å². The van der Waals surface area contributed by atoms with E-state index in [0.29, 0.717) is 19.0 Å². The van der Waals surface area contributed by atoms with E-state index in [0.717, 1.165) is 13.1 Å². The van der Waals surface area contributed by atoms with E-state index in [1.807, 2.05) is 0 Å². The van der Waals surface area contributed by atoms with E-state index < -0.39 is 9.84 Å². The highest BCUT2D eigenvalue weighted by Crippen LogP contribution is 2.24. The van der Waals surface area contributed by atoms with E-state index >= 15 is 0 Å². The van der Waals surface area contributed by atoms with Crippen molar-refractivity contribution in [2.24, 2.45) is 0 Å². The number of hydrogen-bond donors (Lipinski definition) is 1. The molecule has 1 N–H and O–H groups in total. The first-order valence-corrected chi connectivity index (χ1v) is 8.05. The molecule has 1 atom stereocenters. The maximum absolute atomic E-state index is 11.9. The zero-order chi connectivity index (χ0) is 13.7. The minimum Gasteiger partial charge on any atom is -0.489 e. The molecule has 0 spiro atoms. The second-order valence-electron chi connectivity index (χ2n) is 4.36. The Labute approximate surface area is 113 Å². The Kier molecular flexibility index (Phi) is 4.79. The van der Waals surface area contributed by atoms with Gasteiger partial charge in [0.15, 0.2) is 9.84 Å².